The monoisotopic (exact) mass is 305 g/mol. The van der Waals surface area contributed by atoms with Gasteiger partial charge in [-0.2, -0.15) is 10.2 Å². The predicted octanol–water partition coefficient (Wildman–Crippen LogP) is 2.26. The average Bonchev–Trinajstić information content (AvgIpc) is 2.87. The molecule has 110 valence electrons. The lowest BCUT2D eigenvalue weighted by molar-refractivity contribution is 0.424. The SMILES string of the molecule is Cc1ccccc1-c1nc(CS(=O)(=O)CCCC#N)no1. The molecule has 7 heteroatoms. The Kier molecular flexibility index (Phi) is 4.70. The largest absolute Gasteiger partial charge is 0.334 e. The zero-order chi connectivity index (χ0) is 15.3. The first kappa shape index (κ1) is 15.2. The third-order valence-corrected chi connectivity index (χ3v) is 4.55. The maximum Gasteiger partial charge on any atom is 0.258 e. The highest BCUT2D eigenvalue weighted by Gasteiger charge is 2.17. The van der Waals surface area contributed by atoms with Crippen LogP contribution in [0.15, 0.2) is 28.8 Å². The number of nitriles is 1. The Morgan fingerprint density at radius 1 is 1.33 bits per heavy atom. The Labute approximate surface area is 123 Å². The second-order valence-electron chi connectivity index (χ2n) is 4.68. The first-order valence-electron chi connectivity index (χ1n) is 6.48. The van der Waals surface area contributed by atoms with Crippen LogP contribution in [0.2, 0.25) is 0 Å². The molecule has 0 unspecified atom stereocenters. The molecule has 0 saturated heterocycles. The van der Waals surface area contributed by atoms with Gasteiger partial charge in [0.15, 0.2) is 15.7 Å². The fourth-order valence-electron chi connectivity index (χ4n) is 1.87. The summed E-state index contributed by atoms with van der Waals surface area (Å²) in [5.74, 6) is 0.142. The van der Waals surface area contributed by atoms with E-state index in [2.05, 4.69) is 10.1 Å². The molecule has 2 rings (SSSR count). The number of hydrogen-bond acceptors (Lipinski definition) is 6. The smallest absolute Gasteiger partial charge is 0.258 e. The minimum Gasteiger partial charge on any atom is -0.334 e. The molecular weight excluding hydrogens is 290 g/mol. The molecule has 1 aromatic carbocycles. The van der Waals surface area contributed by atoms with Crippen molar-refractivity contribution in [1.29, 1.82) is 5.26 Å². The van der Waals surface area contributed by atoms with Gasteiger partial charge >= 0.3 is 0 Å². The molecule has 6 nitrogen and oxygen atoms in total. The van der Waals surface area contributed by atoms with Crippen LogP contribution in [0.1, 0.15) is 24.2 Å². The normalized spacial score (nSPS) is 11.2. The quantitative estimate of drug-likeness (QED) is 0.759. The standard InChI is InChI=1S/C14H15N3O3S/c1-11-6-2-3-7-12(11)14-16-13(17-20-14)10-21(18,19)9-5-4-8-15/h2-3,6-7H,4-5,9-10H2,1H3. The highest BCUT2D eigenvalue weighted by molar-refractivity contribution is 7.90. The number of aromatic nitrogens is 2. The van der Waals surface area contributed by atoms with Crippen molar-refractivity contribution in [1.82, 2.24) is 10.1 Å². The summed E-state index contributed by atoms with van der Waals surface area (Å²) in [6.07, 6.45) is 0.543. The fourth-order valence-corrected chi connectivity index (χ4v) is 3.11. The van der Waals surface area contributed by atoms with Crippen molar-refractivity contribution in [2.75, 3.05) is 5.75 Å². The van der Waals surface area contributed by atoms with E-state index in [9.17, 15) is 8.42 Å². The molecule has 0 atom stereocenters. The van der Waals surface area contributed by atoms with Gasteiger partial charge in [-0.3, -0.25) is 0 Å². The van der Waals surface area contributed by atoms with E-state index in [0.717, 1.165) is 11.1 Å². The van der Waals surface area contributed by atoms with Gasteiger partial charge in [0.1, 0.15) is 5.75 Å². The molecule has 0 aliphatic heterocycles. The van der Waals surface area contributed by atoms with Gasteiger partial charge in [-0.25, -0.2) is 8.42 Å². The number of rotatable bonds is 6. The number of aryl methyl sites for hydroxylation is 1. The molecule has 0 fully saturated rings. The number of nitrogens with zero attached hydrogens (tertiary/aromatic N) is 3. The summed E-state index contributed by atoms with van der Waals surface area (Å²) < 4.78 is 28.8. The van der Waals surface area contributed by atoms with Crippen molar-refractivity contribution in [3.63, 3.8) is 0 Å². The van der Waals surface area contributed by atoms with Crippen LogP contribution in [0.4, 0.5) is 0 Å². The van der Waals surface area contributed by atoms with E-state index in [1.807, 2.05) is 37.3 Å². The van der Waals surface area contributed by atoms with E-state index >= 15 is 0 Å². The molecule has 0 bridgehead atoms. The van der Waals surface area contributed by atoms with Gasteiger partial charge < -0.3 is 4.52 Å². The maximum atomic E-state index is 11.9. The van der Waals surface area contributed by atoms with E-state index in [4.69, 9.17) is 9.78 Å². The summed E-state index contributed by atoms with van der Waals surface area (Å²) in [6.45, 7) is 1.91. The van der Waals surface area contributed by atoms with Gasteiger partial charge in [0.05, 0.1) is 11.8 Å². The Morgan fingerprint density at radius 3 is 2.81 bits per heavy atom. The third kappa shape index (κ3) is 4.13. The third-order valence-electron chi connectivity index (χ3n) is 2.94. The maximum absolute atomic E-state index is 11.9. The van der Waals surface area contributed by atoms with E-state index in [1.54, 1.807) is 0 Å². The van der Waals surface area contributed by atoms with Crippen molar-refractivity contribution in [3.05, 3.63) is 35.7 Å². The first-order valence-corrected chi connectivity index (χ1v) is 8.30. The van der Waals surface area contributed by atoms with Gasteiger partial charge in [-0.15, -0.1) is 0 Å². The Balaban J connectivity index is 2.11. The van der Waals surface area contributed by atoms with Crippen molar-refractivity contribution >= 4 is 9.84 Å². The summed E-state index contributed by atoms with van der Waals surface area (Å²) in [5.41, 5.74) is 1.77. The molecule has 2 aromatic rings. The summed E-state index contributed by atoms with van der Waals surface area (Å²) in [6, 6.07) is 9.43. The lowest BCUT2D eigenvalue weighted by Gasteiger charge is -1.99. The molecule has 0 aliphatic carbocycles. The van der Waals surface area contributed by atoms with Gasteiger partial charge in [0, 0.05) is 12.0 Å². The van der Waals surface area contributed by atoms with Crippen LogP contribution in [0.5, 0.6) is 0 Å². The van der Waals surface area contributed by atoms with E-state index < -0.39 is 9.84 Å². The Hall–Kier alpha value is -2.20. The second-order valence-corrected chi connectivity index (χ2v) is 6.87. The minimum atomic E-state index is -3.32. The van der Waals surface area contributed by atoms with Crippen molar-refractivity contribution in [2.45, 2.75) is 25.5 Å². The predicted molar refractivity (Wildman–Crippen MR) is 76.8 cm³/mol. The highest BCUT2D eigenvalue weighted by Crippen LogP contribution is 2.21. The van der Waals surface area contributed by atoms with Crippen LogP contribution in [0.25, 0.3) is 11.5 Å². The number of hydrogen-bond donors (Lipinski definition) is 0. The second kappa shape index (κ2) is 6.50. The van der Waals surface area contributed by atoms with E-state index in [1.165, 1.54) is 0 Å². The molecule has 21 heavy (non-hydrogen) atoms. The Morgan fingerprint density at radius 2 is 2.10 bits per heavy atom. The number of benzene rings is 1. The molecule has 0 amide bonds. The van der Waals surface area contributed by atoms with E-state index in [0.29, 0.717) is 12.3 Å². The molecule has 0 saturated carbocycles. The molecule has 0 radical (unpaired) electrons. The fraction of sp³-hybridized carbons (Fsp3) is 0.357. The van der Waals surface area contributed by atoms with Crippen LogP contribution in [0, 0.1) is 18.3 Å². The van der Waals surface area contributed by atoms with Crippen LogP contribution < -0.4 is 0 Å². The van der Waals surface area contributed by atoms with Crippen LogP contribution in [-0.4, -0.2) is 24.3 Å². The number of unbranched alkanes of at least 4 members (excludes halogenated alkanes) is 1. The minimum absolute atomic E-state index is 0.0468. The zero-order valence-electron chi connectivity index (χ0n) is 11.6. The summed E-state index contributed by atoms with van der Waals surface area (Å²) in [5, 5.41) is 12.1. The molecule has 0 aliphatic rings. The summed E-state index contributed by atoms with van der Waals surface area (Å²) in [4.78, 5) is 4.13. The molecular formula is C14H15N3O3S. The summed E-state index contributed by atoms with van der Waals surface area (Å²) >= 11 is 0. The highest BCUT2D eigenvalue weighted by atomic mass is 32.2. The average molecular weight is 305 g/mol. The lowest BCUT2D eigenvalue weighted by Crippen LogP contribution is -2.10. The topological polar surface area (TPSA) is 96.8 Å². The van der Waals surface area contributed by atoms with Crippen LogP contribution in [0.3, 0.4) is 0 Å². The van der Waals surface area contributed by atoms with Gasteiger partial charge in [-0.1, -0.05) is 23.4 Å². The molecule has 0 spiro atoms. The van der Waals surface area contributed by atoms with Crippen molar-refractivity contribution in [3.8, 4) is 17.5 Å². The molecule has 1 heterocycles. The van der Waals surface area contributed by atoms with Crippen LogP contribution in [-0.2, 0) is 15.6 Å². The van der Waals surface area contributed by atoms with E-state index in [-0.39, 0.29) is 23.8 Å². The first-order chi connectivity index (χ1) is 10.0. The summed E-state index contributed by atoms with van der Waals surface area (Å²) in [7, 11) is -3.32. The molecule has 0 N–H and O–H groups in total. The number of sulfone groups is 1. The van der Waals surface area contributed by atoms with Crippen molar-refractivity contribution in [2.24, 2.45) is 0 Å². The lowest BCUT2D eigenvalue weighted by atomic mass is 10.1. The Bertz CT molecular complexity index is 760. The zero-order valence-corrected chi connectivity index (χ0v) is 12.4. The van der Waals surface area contributed by atoms with Crippen molar-refractivity contribution < 1.29 is 12.9 Å². The molecule has 1 aromatic heterocycles. The van der Waals surface area contributed by atoms with Gasteiger partial charge in [0.2, 0.25) is 0 Å². The van der Waals surface area contributed by atoms with Gasteiger partial charge in [0.25, 0.3) is 5.89 Å². The van der Waals surface area contributed by atoms with Crippen LogP contribution >= 0.6 is 0 Å². The van der Waals surface area contributed by atoms with Gasteiger partial charge in [-0.05, 0) is 25.0 Å².